The summed E-state index contributed by atoms with van der Waals surface area (Å²) in [5, 5.41) is 11.2. The minimum atomic E-state index is -0.564. The summed E-state index contributed by atoms with van der Waals surface area (Å²) >= 11 is 1.64. The third-order valence-corrected chi connectivity index (χ3v) is 4.16. The van der Waals surface area contributed by atoms with Gasteiger partial charge in [0, 0.05) is 29.7 Å². The molecule has 0 radical (unpaired) electrons. The number of urea groups is 1. The molecule has 0 aliphatic carbocycles. The molecule has 2 aromatic rings. The van der Waals surface area contributed by atoms with Gasteiger partial charge in [-0.1, -0.05) is 13.0 Å². The summed E-state index contributed by atoms with van der Waals surface area (Å²) in [5.41, 5.74) is 2.10. The van der Waals surface area contributed by atoms with Gasteiger partial charge in [0.1, 0.15) is 0 Å². The molecule has 24 heavy (non-hydrogen) atoms. The molecule has 0 unspecified atom stereocenters. The van der Waals surface area contributed by atoms with Crippen LogP contribution in [0.1, 0.15) is 17.6 Å². The van der Waals surface area contributed by atoms with Crippen LogP contribution in [0.3, 0.4) is 0 Å². The van der Waals surface area contributed by atoms with Crippen LogP contribution in [0.4, 0.5) is 21.0 Å². The van der Waals surface area contributed by atoms with E-state index in [2.05, 4.69) is 32.6 Å². The summed E-state index contributed by atoms with van der Waals surface area (Å²) in [6, 6.07) is 6.49. The number of thiazole rings is 1. The van der Waals surface area contributed by atoms with E-state index in [1.54, 1.807) is 35.6 Å². The van der Waals surface area contributed by atoms with E-state index in [1.165, 1.54) is 7.11 Å². The molecule has 1 heterocycles. The highest BCUT2D eigenvalue weighted by Crippen LogP contribution is 2.15. The minimum absolute atomic E-state index is 0.309. The largest absolute Gasteiger partial charge is 0.453 e. The topological polar surface area (TPSA) is 92.4 Å². The molecule has 0 fully saturated rings. The fourth-order valence-corrected chi connectivity index (χ4v) is 2.73. The van der Waals surface area contributed by atoms with Gasteiger partial charge in [0.2, 0.25) is 0 Å². The van der Waals surface area contributed by atoms with Gasteiger partial charge in [-0.3, -0.25) is 5.32 Å². The molecule has 3 amide bonds. The number of carbonyl (C=O) groups is 2. The lowest BCUT2D eigenvalue weighted by Gasteiger charge is -2.09. The lowest BCUT2D eigenvalue weighted by Crippen LogP contribution is -2.30. The van der Waals surface area contributed by atoms with Gasteiger partial charge in [-0.2, -0.15) is 0 Å². The molecule has 8 heteroatoms. The molecule has 0 saturated carbocycles. The van der Waals surface area contributed by atoms with Crippen molar-refractivity contribution in [3.8, 4) is 0 Å². The molecule has 0 atom stereocenters. The average Bonchev–Trinajstić information content (AvgIpc) is 3.03. The van der Waals surface area contributed by atoms with Crippen LogP contribution in [0.5, 0.6) is 0 Å². The zero-order chi connectivity index (χ0) is 17.4. The van der Waals surface area contributed by atoms with Crippen LogP contribution in [-0.4, -0.2) is 30.8 Å². The molecule has 0 aliphatic rings. The molecule has 2 rings (SSSR count). The van der Waals surface area contributed by atoms with Crippen molar-refractivity contribution >= 4 is 34.8 Å². The number of nitrogens with zero attached hydrogens (tertiary/aromatic N) is 1. The van der Waals surface area contributed by atoms with Crippen LogP contribution in [-0.2, 0) is 17.6 Å². The van der Waals surface area contributed by atoms with Crippen LogP contribution in [0.15, 0.2) is 29.6 Å². The van der Waals surface area contributed by atoms with Gasteiger partial charge in [-0.25, -0.2) is 14.6 Å². The standard InChI is InChI=1S/C16H20N4O3S/c1-3-14-18-13(10-24-14)7-8-17-15(21)19-11-5-4-6-12(9-11)20-16(22)23-2/h4-6,9-10H,3,7-8H2,1-2H3,(H,20,22)(H2,17,19,21). The van der Waals surface area contributed by atoms with Crippen molar-refractivity contribution in [2.45, 2.75) is 19.8 Å². The lowest BCUT2D eigenvalue weighted by atomic mass is 10.3. The molecule has 0 spiro atoms. The first-order valence-electron chi connectivity index (χ1n) is 7.54. The number of hydrogen-bond donors (Lipinski definition) is 3. The van der Waals surface area contributed by atoms with E-state index >= 15 is 0 Å². The van der Waals surface area contributed by atoms with Crippen LogP contribution in [0, 0.1) is 0 Å². The first-order chi connectivity index (χ1) is 11.6. The second-order valence-electron chi connectivity index (χ2n) is 4.91. The van der Waals surface area contributed by atoms with Crippen LogP contribution >= 0.6 is 11.3 Å². The zero-order valence-electron chi connectivity index (χ0n) is 13.6. The van der Waals surface area contributed by atoms with E-state index in [1.807, 2.05) is 5.38 Å². The Morgan fingerprint density at radius 1 is 1.25 bits per heavy atom. The predicted molar refractivity (Wildman–Crippen MR) is 94.7 cm³/mol. The number of ether oxygens (including phenoxy) is 1. The fraction of sp³-hybridized carbons (Fsp3) is 0.312. The van der Waals surface area contributed by atoms with Crippen molar-refractivity contribution < 1.29 is 14.3 Å². The number of hydrogen-bond acceptors (Lipinski definition) is 5. The quantitative estimate of drug-likeness (QED) is 0.747. The fourth-order valence-electron chi connectivity index (χ4n) is 1.95. The molecule has 7 nitrogen and oxygen atoms in total. The van der Waals surface area contributed by atoms with Gasteiger partial charge in [0.05, 0.1) is 17.8 Å². The highest BCUT2D eigenvalue weighted by atomic mass is 32.1. The number of nitrogens with one attached hydrogen (secondary N) is 3. The Hall–Kier alpha value is -2.61. The van der Waals surface area contributed by atoms with Gasteiger partial charge in [0.15, 0.2) is 0 Å². The lowest BCUT2D eigenvalue weighted by molar-refractivity contribution is 0.187. The minimum Gasteiger partial charge on any atom is -0.453 e. The summed E-state index contributed by atoms with van der Waals surface area (Å²) in [6.07, 6.45) is 1.05. The molecule has 128 valence electrons. The molecular weight excluding hydrogens is 328 g/mol. The molecule has 3 N–H and O–H groups in total. The van der Waals surface area contributed by atoms with Crippen molar-refractivity contribution in [1.82, 2.24) is 10.3 Å². The number of benzene rings is 1. The SMILES string of the molecule is CCc1nc(CCNC(=O)Nc2cccc(NC(=O)OC)c2)cs1. The molecule has 1 aromatic heterocycles. The Morgan fingerprint density at radius 2 is 2.00 bits per heavy atom. The van der Waals surface area contributed by atoms with E-state index in [9.17, 15) is 9.59 Å². The molecule has 0 bridgehead atoms. The van der Waals surface area contributed by atoms with E-state index < -0.39 is 6.09 Å². The van der Waals surface area contributed by atoms with E-state index in [0.29, 0.717) is 24.3 Å². The maximum Gasteiger partial charge on any atom is 0.411 e. The molecule has 1 aromatic carbocycles. The Labute approximate surface area is 144 Å². The van der Waals surface area contributed by atoms with Crippen molar-refractivity contribution in [2.24, 2.45) is 0 Å². The summed E-state index contributed by atoms with van der Waals surface area (Å²) in [6.45, 7) is 2.57. The summed E-state index contributed by atoms with van der Waals surface area (Å²) in [5.74, 6) is 0. The highest BCUT2D eigenvalue weighted by molar-refractivity contribution is 7.09. The number of aromatic nitrogens is 1. The van der Waals surface area contributed by atoms with Crippen molar-refractivity contribution in [1.29, 1.82) is 0 Å². The Morgan fingerprint density at radius 3 is 2.67 bits per heavy atom. The third kappa shape index (κ3) is 5.54. The van der Waals surface area contributed by atoms with Crippen LogP contribution in [0.25, 0.3) is 0 Å². The van der Waals surface area contributed by atoms with Crippen molar-refractivity contribution in [3.05, 3.63) is 40.3 Å². The van der Waals surface area contributed by atoms with E-state index in [0.717, 1.165) is 17.1 Å². The molecule has 0 saturated heterocycles. The number of carbonyl (C=O) groups excluding carboxylic acids is 2. The number of aryl methyl sites for hydroxylation is 1. The Bertz CT molecular complexity index is 702. The summed E-state index contributed by atoms with van der Waals surface area (Å²) in [7, 11) is 1.29. The zero-order valence-corrected chi connectivity index (χ0v) is 14.4. The normalized spacial score (nSPS) is 10.1. The third-order valence-electron chi connectivity index (χ3n) is 3.12. The van der Waals surface area contributed by atoms with Gasteiger partial charge in [-0.05, 0) is 24.6 Å². The van der Waals surface area contributed by atoms with Crippen LogP contribution in [0.2, 0.25) is 0 Å². The monoisotopic (exact) mass is 348 g/mol. The predicted octanol–water partition coefficient (Wildman–Crippen LogP) is 3.25. The second kappa shape index (κ2) is 8.88. The maximum atomic E-state index is 11.9. The van der Waals surface area contributed by atoms with Gasteiger partial charge in [0.25, 0.3) is 0 Å². The first kappa shape index (κ1) is 17.7. The maximum absolute atomic E-state index is 11.9. The van der Waals surface area contributed by atoms with Crippen molar-refractivity contribution in [2.75, 3.05) is 24.3 Å². The number of methoxy groups -OCH3 is 1. The van der Waals surface area contributed by atoms with Gasteiger partial charge >= 0.3 is 12.1 Å². The van der Waals surface area contributed by atoms with E-state index in [4.69, 9.17) is 0 Å². The first-order valence-corrected chi connectivity index (χ1v) is 8.42. The number of amides is 3. The van der Waals surface area contributed by atoms with E-state index in [-0.39, 0.29) is 6.03 Å². The Kier molecular flexibility index (Phi) is 6.56. The molecule has 0 aliphatic heterocycles. The van der Waals surface area contributed by atoms with Crippen LogP contribution < -0.4 is 16.0 Å². The van der Waals surface area contributed by atoms with Gasteiger partial charge < -0.3 is 15.4 Å². The van der Waals surface area contributed by atoms with Gasteiger partial charge in [-0.15, -0.1) is 11.3 Å². The molecular formula is C16H20N4O3S. The summed E-state index contributed by atoms with van der Waals surface area (Å²) < 4.78 is 4.53. The summed E-state index contributed by atoms with van der Waals surface area (Å²) in [4.78, 5) is 27.5. The van der Waals surface area contributed by atoms with Crippen molar-refractivity contribution in [3.63, 3.8) is 0 Å². The number of anilines is 2. The smallest absolute Gasteiger partial charge is 0.411 e. The Balaban J connectivity index is 1.79. The second-order valence-corrected chi connectivity index (χ2v) is 5.86. The number of rotatable bonds is 6. The average molecular weight is 348 g/mol. The highest BCUT2D eigenvalue weighted by Gasteiger charge is 2.05.